The van der Waals surface area contributed by atoms with Gasteiger partial charge >= 0.3 is 6.18 Å². The second-order valence-electron chi connectivity index (χ2n) is 11.1. The molecule has 0 saturated carbocycles. The smallest absolute Gasteiger partial charge is 0.422 e. The van der Waals surface area contributed by atoms with E-state index in [1.807, 2.05) is 61.1 Å². The van der Waals surface area contributed by atoms with Gasteiger partial charge in [0.1, 0.15) is 11.4 Å². The van der Waals surface area contributed by atoms with Crippen LogP contribution in [0.25, 0.3) is 33.6 Å². The van der Waals surface area contributed by atoms with Gasteiger partial charge in [-0.1, -0.05) is 24.8 Å². The number of anilines is 4. The minimum Gasteiger partial charge on any atom is -0.466 e. The van der Waals surface area contributed by atoms with Gasteiger partial charge in [0.2, 0.25) is 23.6 Å². The summed E-state index contributed by atoms with van der Waals surface area (Å²) in [5.74, 6) is 0.197. The predicted octanol–water partition coefficient (Wildman–Crippen LogP) is 5.80. The van der Waals surface area contributed by atoms with Gasteiger partial charge in [-0.3, -0.25) is 4.79 Å². The molecular weight excluding hydrogens is 615 g/mol. The highest BCUT2D eigenvalue weighted by Gasteiger charge is 2.30. The number of nitrogens with one attached hydrogen (secondary N) is 2. The number of likely N-dealkylation sites (N-methyl/N-ethyl adjacent to an activating group) is 2. The molecule has 12 nitrogen and oxygen atoms in total. The Hall–Kier alpha value is -5.44. The number of para-hydroxylation sites is 1. The SMILES string of the molecule is C=CC(=O)Nc1cc(Nc2ncc(-c3ncc(C)o3)c(-c3cn(C)c4ccccc34)n2)c(OCC(F)(F)F)nc1N(C)CCN(C)C. The maximum atomic E-state index is 13.3. The summed E-state index contributed by atoms with van der Waals surface area (Å²) in [5.41, 5.74) is 2.87. The van der Waals surface area contributed by atoms with Crippen molar-refractivity contribution in [3.63, 3.8) is 0 Å². The van der Waals surface area contributed by atoms with Crippen LogP contribution >= 0.6 is 0 Å². The number of carbonyl (C=O) groups excluding carboxylic acids is 1. The Balaban J connectivity index is 1.64. The third-order valence-electron chi connectivity index (χ3n) is 7.07. The Bertz CT molecular complexity index is 1920. The first-order valence-corrected chi connectivity index (χ1v) is 14.5. The van der Waals surface area contributed by atoms with Crippen molar-refractivity contribution in [1.29, 1.82) is 0 Å². The van der Waals surface area contributed by atoms with Gasteiger partial charge < -0.3 is 34.2 Å². The molecule has 1 aromatic carbocycles. The molecule has 5 aromatic rings. The first-order valence-electron chi connectivity index (χ1n) is 14.5. The number of benzene rings is 1. The van der Waals surface area contributed by atoms with E-state index in [2.05, 4.69) is 32.2 Å². The number of ether oxygens (including phenoxy) is 1. The Morgan fingerprint density at radius 2 is 1.85 bits per heavy atom. The first-order chi connectivity index (χ1) is 22.3. The fourth-order valence-electron chi connectivity index (χ4n) is 4.79. The van der Waals surface area contributed by atoms with Crippen LogP contribution in [-0.4, -0.2) is 82.3 Å². The Labute approximate surface area is 268 Å². The van der Waals surface area contributed by atoms with Gasteiger partial charge in [-0.25, -0.2) is 15.0 Å². The number of nitrogens with zero attached hydrogens (tertiary/aromatic N) is 7. The summed E-state index contributed by atoms with van der Waals surface area (Å²) in [6.07, 6.45) is 1.45. The van der Waals surface area contributed by atoms with E-state index < -0.39 is 18.7 Å². The first kappa shape index (κ1) is 32.9. The monoisotopic (exact) mass is 649 g/mol. The molecule has 0 atom stereocenters. The highest BCUT2D eigenvalue weighted by atomic mass is 19.4. The number of hydrogen-bond donors (Lipinski definition) is 2. The lowest BCUT2D eigenvalue weighted by molar-refractivity contribution is -0.153. The number of aryl methyl sites for hydroxylation is 2. The Morgan fingerprint density at radius 1 is 1.09 bits per heavy atom. The van der Waals surface area contributed by atoms with E-state index >= 15 is 0 Å². The topological polar surface area (TPSA) is 126 Å². The minimum atomic E-state index is -4.64. The van der Waals surface area contributed by atoms with Crippen LogP contribution in [0.2, 0.25) is 0 Å². The third-order valence-corrected chi connectivity index (χ3v) is 7.07. The lowest BCUT2D eigenvalue weighted by Crippen LogP contribution is -2.30. The number of carbonyl (C=O) groups is 1. The van der Waals surface area contributed by atoms with Crippen molar-refractivity contribution < 1.29 is 27.1 Å². The molecule has 4 heterocycles. The number of alkyl halides is 3. The summed E-state index contributed by atoms with van der Waals surface area (Å²) in [5, 5.41) is 6.56. The van der Waals surface area contributed by atoms with Gasteiger partial charge in [0.05, 0.1) is 23.1 Å². The summed E-state index contributed by atoms with van der Waals surface area (Å²) >= 11 is 0. The average molecular weight is 650 g/mol. The van der Waals surface area contributed by atoms with Crippen molar-refractivity contribution in [3.8, 4) is 28.6 Å². The van der Waals surface area contributed by atoms with Crippen LogP contribution in [0, 0.1) is 6.92 Å². The molecule has 0 fully saturated rings. The molecule has 4 aromatic heterocycles. The molecule has 5 rings (SSSR count). The molecule has 1 amide bonds. The second-order valence-corrected chi connectivity index (χ2v) is 11.1. The normalized spacial score (nSPS) is 11.6. The molecule has 0 aliphatic carbocycles. The Morgan fingerprint density at radius 3 is 2.53 bits per heavy atom. The summed E-state index contributed by atoms with van der Waals surface area (Å²) in [4.78, 5) is 34.0. The number of fused-ring (bicyclic) bond motifs is 1. The number of pyridine rings is 1. The molecule has 47 heavy (non-hydrogen) atoms. The summed E-state index contributed by atoms with van der Waals surface area (Å²) in [6, 6.07) is 9.19. The van der Waals surface area contributed by atoms with E-state index in [-0.39, 0.29) is 29.0 Å². The molecule has 0 spiro atoms. The molecular formula is C32H34F3N9O3. The summed E-state index contributed by atoms with van der Waals surface area (Å²) < 4.78 is 53.0. The summed E-state index contributed by atoms with van der Waals surface area (Å²) in [7, 11) is 7.38. The Kier molecular flexibility index (Phi) is 9.46. The van der Waals surface area contributed by atoms with Gasteiger partial charge in [0.15, 0.2) is 12.4 Å². The molecule has 0 unspecified atom stereocenters. The van der Waals surface area contributed by atoms with Crippen LogP contribution in [0.3, 0.4) is 0 Å². The van der Waals surface area contributed by atoms with E-state index in [9.17, 15) is 18.0 Å². The number of halogens is 3. The number of rotatable bonds is 12. The number of aromatic nitrogens is 5. The van der Waals surface area contributed by atoms with Gasteiger partial charge in [-0.15, -0.1) is 0 Å². The number of amides is 1. The second kappa shape index (κ2) is 13.5. The number of oxazole rings is 1. The molecule has 0 aliphatic rings. The van der Waals surface area contributed by atoms with Crippen LogP contribution in [0.15, 0.2) is 66.0 Å². The van der Waals surface area contributed by atoms with E-state index in [0.717, 1.165) is 22.5 Å². The molecule has 0 radical (unpaired) electrons. The lowest BCUT2D eigenvalue weighted by Gasteiger charge is -2.25. The van der Waals surface area contributed by atoms with Gasteiger partial charge in [-0.05, 0) is 39.2 Å². The highest BCUT2D eigenvalue weighted by molar-refractivity contribution is 6.01. The van der Waals surface area contributed by atoms with Crippen LogP contribution < -0.4 is 20.3 Å². The van der Waals surface area contributed by atoms with Crippen molar-refractivity contribution in [2.24, 2.45) is 7.05 Å². The van der Waals surface area contributed by atoms with E-state index in [1.165, 1.54) is 12.3 Å². The standard InChI is InChI=1S/C32H34F3N9O3/c1-7-26(45)38-23-14-24(30(46-18-32(33,34)35)41-28(23)43(5)13-12-42(3)4)39-31-37-16-21(29-36-15-19(2)47-29)27(40-31)22-17-44(6)25-11-9-8-10-20(22)25/h7-11,14-17H,1,12-13,18H2,2-6H3,(H,38,45)(H,37,39,40). The van der Waals surface area contributed by atoms with Crippen LogP contribution in [-0.2, 0) is 11.8 Å². The molecule has 2 N–H and O–H groups in total. The van der Waals surface area contributed by atoms with Crippen molar-refractivity contribution in [3.05, 3.63) is 67.3 Å². The molecule has 246 valence electrons. The largest absolute Gasteiger partial charge is 0.466 e. The minimum absolute atomic E-state index is 0.0121. The quantitative estimate of drug-likeness (QED) is 0.160. The molecule has 0 bridgehead atoms. The van der Waals surface area contributed by atoms with Gasteiger partial charge in [0.25, 0.3) is 0 Å². The van der Waals surface area contributed by atoms with Crippen molar-refractivity contribution in [2.75, 3.05) is 56.4 Å². The summed E-state index contributed by atoms with van der Waals surface area (Å²) in [6.45, 7) is 4.72. The van der Waals surface area contributed by atoms with E-state index in [1.54, 1.807) is 25.1 Å². The van der Waals surface area contributed by atoms with E-state index in [4.69, 9.17) is 14.1 Å². The van der Waals surface area contributed by atoms with E-state index in [0.29, 0.717) is 36.0 Å². The third kappa shape index (κ3) is 7.69. The lowest BCUT2D eigenvalue weighted by atomic mass is 10.1. The zero-order valence-electron chi connectivity index (χ0n) is 26.5. The molecule has 15 heteroatoms. The van der Waals surface area contributed by atoms with Crippen LogP contribution in [0.5, 0.6) is 5.88 Å². The average Bonchev–Trinajstić information content (AvgIpc) is 3.61. The van der Waals surface area contributed by atoms with Crippen molar-refractivity contribution >= 4 is 40.0 Å². The highest BCUT2D eigenvalue weighted by Crippen LogP contribution is 2.38. The van der Waals surface area contributed by atoms with Gasteiger partial charge in [0, 0.05) is 56.0 Å². The maximum Gasteiger partial charge on any atom is 0.422 e. The zero-order chi connectivity index (χ0) is 33.9. The molecule has 0 saturated heterocycles. The maximum absolute atomic E-state index is 13.3. The predicted molar refractivity (Wildman–Crippen MR) is 174 cm³/mol. The van der Waals surface area contributed by atoms with Gasteiger partial charge in [-0.2, -0.15) is 18.2 Å². The number of hydrogen-bond acceptors (Lipinski definition) is 10. The fraction of sp³-hybridized carbons (Fsp3) is 0.281. The van der Waals surface area contributed by atoms with Crippen LogP contribution in [0.4, 0.5) is 36.3 Å². The van der Waals surface area contributed by atoms with Crippen molar-refractivity contribution in [2.45, 2.75) is 13.1 Å². The zero-order valence-corrected chi connectivity index (χ0v) is 26.5. The van der Waals surface area contributed by atoms with Crippen molar-refractivity contribution in [1.82, 2.24) is 29.4 Å². The van der Waals surface area contributed by atoms with Crippen LogP contribution in [0.1, 0.15) is 5.76 Å². The fourth-order valence-corrected chi connectivity index (χ4v) is 4.79. The molecule has 0 aliphatic heterocycles.